The first-order valence-corrected chi connectivity index (χ1v) is 16.7. The SMILES string of the molecule is CC1(CCCOc2ccn(-c3ccc(C(=O)NS(=O)(=O)c4cccc(NCCCC5CNC(C)(C)C5)n4)c(Cl)n3)n2)CC1. The minimum absolute atomic E-state index is 0.0925. The van der Waals surface area contributed by atoms with Crippen LogP contribution in [-0.2, 0) is 10.0 Å². The van der Waals surface area contributed by atoms with Crippen molar-refractivity contribution in [1.82, 2.24) is 29.8 Å². The Morgan fingerprint density at radius 3 is 2.67 bits per heavy atom. The van der Waals surface area contributed by atoms with Crippen LogP contribution in [0.2, 0.25) is 5.15 Å². The van der Waals surface area contributed by atoms with Crippen LogP contribution in [0.15, 0.2) is 47.6 Å². The van der Waals surface area contributed by atoms with E-state index in [-0.39, 0.29) is 21.3 Å². The van der Waals surface area contributed by atoms with Gasteiger partial charge in [0, 0.05) is 24.3 Å². The molecule has 1 amide bonds. The van der Waals surface area contributed by atoms with Crippen molar-refractivity contribution in [2.75, 3.05) is 25.0 Å². The van der Waals surface area contributed by atoms with Crippen molar-refractivity contribution in [3.8, 4) is 11.7 Å². The van der Waals surface area contributed by atoms with Crippen LogP contribution in [0.1, 0.15) is 76.1 Å². The Kier molecular flexibility index (Phi) is 9.29. The normalized spacial score (nSPS) is 18.7. The van der Waals surface area contributed by atoms with E-state index in [9.17, 15) is 13.2 Å². The lowest BCUT2D eigenvalue weighted by atomic mass is 9.94. The number of halogens is 1. The summed E-state index contributed by atoms with van der Waals surface area (Å²) < 4.78 is 35.2. The molecule has 1 aliphatic carbocycles. The molecule has 5 rings (SSSR count). The van der Waals surface area contributed by atoms with Crippen LogP contribution in [0.4, 0.5) is 5.82 Å². The quantitative estimate of drug-likeness (QED) is 0.166. The van der Waals surface area contributed by atoms with Crippen LogP contribution in [0.3, 0.4) is 0 Å². The Labute approximate surface area is 258 Å². The smallest absolute Gasteiger partial charge is 0.281 e. The number of amides is 1. The lowest BCUT2D eigenvalue weighted by molar-refractivity contribution is 0.0981. The number of nitrogens with zero attached hydrogens (tertiary/aromatic N) is 4. The minimum Gasteiger partial charge on any atom is -0.477 e. The van der Waals surface area contributed by atoms with E-state index in [1.165, 1.54) is 35.7 Å². The van der Waals surface area contributed by atoms with E-state index in [4.69, 9.17) is 16.3 Å². The van der Waals surface area contributed by atoms with Gasteiger partial charge >= 0.3 is 0 Å². The van der Waals surface area contributed by atoms with Crippen molar-refractivity contribution >= 4 is 33.3 Å². The van der Waals surface area contributed by atoms with Gasteiger partial charge in [0.1, 0.15) is 11.0 Å². The molecule has 3 aromatic rings. The van der Waals surface area contributed by atoms with Gasteiger partial charge in [-0.15, -0.1) is 5.10 Å². The first-order valence-electron chi connectivity index (χ1n) is 14.8. The summed E-state index contributed by atoms with van der Waals surface area (Å²) in [6.07, 6.45) is 9.50. The zero-order valence-electron chi connectivity index (χ0n) is 24.9. The van der Waals surface area contributed by atoms with Gasteiger partial charge in [-0.05, 0) is 101 Å². The molecule has 1 saturated carbocycles. The molecule has 0 aromatic carbocycles. The zero-order chi connectivity index (χ0) is 30.7. The molecule has 3 N–H and O–H groups in total. The number of anilines is 1. The van der Waals surface area contributed by atoms with Gasteiger partial charge in [-0.2, -0.15) is 8.42 Å². The molecule has 1 aliphatic heterocycles. The molecule has 1 saturated heterocycles. The van der Waals surface area contributed by atoms with Gasteiger partial charge in [-0.3, -0.25) is 4.79 Å². The summed E-state index contributed by atoms with van der Waals surface area (Å²) in [7, 11) is -4.26. The van der Waals surface area contributed by atoms with Gasteiger partial charge in [-0.25, -0.2) is 19.4 Å². The second kappa shape index (κ2) is 12.8. The molecule has 43 heavy (non-hydrogen) atoms. The molecular weight excluding hydrogens is 590 g/mol. The summed E-state index contributed by atoms with van der Waals surface area (Å²) in [6.45, 7) is 8.98. The van der Waals surface area contributed by atoms with E-state index < -0.39 is 15.9 Å². The summed E-state index contributed by atoms with van der Waals surface area (Å²) >= 11 is 6.30. The molecule has 1 unspecified atom stereocenters. The van der Waals surface area contributed by atoms with E-state index >= 15 is 0 Å². The molecule has 4 heterocycles. The van der Waals surface area contributed by atoms with Crippen LogP contribution in [0.5, 0.6) is 5.88 Å². The van der Waals surface area contributed by atoms with Crippen LogP contribution in [0, 0.1) is 11.3 Å². The van der Waals surface area contributed by atoms with Crippen molar-refractivity contribution in [2.45, 2.75) is 76.3 Å². The predicted molar refractivity (Wildman–Crippen MR) is 165 cm³/mol. The van der Waals surface area contributed by atoms with Crippen molar-refractivity contribution in [3.63, 3.8) is 0 Å². The minimum atomic E-state index is -4.26. The lowest BCUT2D eigenvalue weighted by Gasteiger charge is -2.17. The molecule has 0 radical (unpaired) electrons. The monoisotopic (exact) mass is 629 g/mol. The zero-order valence-corrected chi connectivity index (χ0v) is 26.5. The Morgan fingerprint density at radius 1 is 1.14 bits per heavy atom. The molecule has 13 heteroatoms. The maximum atomic E-state index is 13.0. The molecular formula is C30H40ClN7O4S. The maximum Gasteiger partial charge on any atom is 0.281 e. The van der Waals surface area contributed by atoms with Crippen LogP contribution >= 0.6 is 11.6 Å². The van der Waals surface area contributed by atoms with Crippen LogP contribution in [0.25, 0.3) is 5.82 Å². The molecule has 232 valence electrons. The summed E-state index contributed by atoms with van der Waals surface area (Å²) in [5.74, 6) is 0.961. The number of hydrogen-bond acceptors (Lipinski definition) is 9. The van der Waals surface area contributed by atoms with E-state index in [0.29, 0.717) is 42.0 Å². The summed E-state index contributed by atoms with van der Waals surface area (Å²) in [5.41, 5.74) is 0.574. The highest BCUT2D eigenvalue weighted by Crippen LogP contribution is 2.48. The van der Waals surface area contributed by atoms with Crippen LogP contribution in [-0.4, -0.2) is 59.3 Å². The highest BCUT2D eigenvalue weighted by molar-refractivity contribution is 7.90. The van der Waals surface area contributed by atoms with Gasteiger partial charge in [0.2, 0.25) is 5.88 Å². The third-order valence-corrected chi connectivity index (χ3v) is 9.67. The Morgan fingerprint density at radius 2 is 1.95 bits per heavy atom. The number of nitrogens with one attached hydrogen (secondary N) is 3. The number of carbonyl (C=O) groups excluding carboxylic acids is 1. The van der Waals surface area contributed by atoms with Gasteiger partial charge < -0.3 is 15.4 Å². The molecule has 2 fully saturated rings. The van der Waals surface area contributed by atoms with E-state index in [0.717, 1.165) is 38.6 Å². The highest BCUT2D eigenvalue weighted by atomic mass is 35.5. The first kappa shape index (κ1) is 31.2. The second-order valence-electron chi connectivity index (χ2n) is 12.6. The Balaban J connectivity index is 1.13. The van der Waals surface area contributed by atoms with E-state index in [2.05, 4.69) is 46.5 Å². The molecule has 11 nitrogen and oxygen atoms in total. The van der Waals surface area contributed by atoms with E-state index in [1.807, 2.05) is 4.72 Å². The number of hydrogen-bond donors (Lipinski definition) is 3. The number of carbonyl (C=O) groups is 1. The van der Waals surface area contributed by atoms with Crippen molar-refractivity contribution in [3.05, 3.63) is 53.3 Å². The first-order chi connectivity index (χ1) is 20.4. The molecule has 0 bridgehead atoms. The fourth-order valence-electron chi connectivity index (χ4n) is 5.36. The van der Waals surface area contributed by atoms with Crippen molar-refractivity contribution in [1.29, 1.82) is 0 Å². The van der Waals surface area contributed by atoms with Gasteiger partial charge in [0.15, 0.2) is 10.8 Å². The third-order valence-electron chi connectivity index (χ3n) is 8.15. The van der Waals surface area contributed by atoms with Gasteiger partial charge in [0.25, 0.3) is 15.9 Å². The fraction of sp³-hybridized carbons (Fsp3) is 0.533. The van der Waals surface area contributed by atoms with Crippen LogP contribution < -0.4 is 20.1 Å². The Bertz CT molecular complexity index is 1560. The highest BCUT2D eigenvalue weighted by Gasteiger charge is 2.36. The number of ether oxygens (including phenoxy) is 1. The largest absolute Gasteiger partial charge is 0.477 e. The lowest BCUT2D eigenvalue weighted by Crippen LogP contribution is -2.31. The van der Waals surface area contributed by atoms with Crippen molar-refractivity contribution in [2.24, 2.45) is 11.3 Å². The van der Waals surface area contributed by atoms with Crippen molar-refractivity contribution < 1.29 is 17.9 Å². The third kappa shape index (κ3) is 8.45. The number of sulfonamides is 1. The molecule has 1 atom stereocenters. The maximum absolute atomic E-state index is 13.0. The molecule has 3 aromatic heterocycles. The van der Waals surface area contributed by atoms with E-state index in [1.54, 1.807) is 24.4 Å². The second-order valence-corrected chi connectivity index (χ2v) is 14.6. The standard InChI is InChI=1S/C30H40ClN7O4S/c1-29(2)19-21(20-33-29)7-5-16-32-23-8-4-9-26(34-23)43(40,41)37-28(39)22-10-11-24(35-27(22)31)38-17-12-25(36-38)42-18-6-13-30(3)14-15-30/h4,8-12,17,21,33H,5-7,13-16,18-20H2,1-3H3,(H,32,34)(H,37,39). The fourth-order valence-corrected chi connectivity index (χ4v) is 6.53. The number of aromatic nitrogens is 4. The summed E-state index contributed by atoms with van der Waals surface area (Å²) in [5, 5.41) is 10.6. The summed E-state index contributed by atoms with van der Waals surface area (Å²) in [4.78, 5) is 21.3. The number of rotatable bonds is 14. The molecule has 0 spiro atoms. The number of pyridine rings is 2. The Hall–Kier alpha value is -3.22. The average molecular weight is 630 g/mol. The topological polar surface area (TPSA) is 140 Å². The summed E-state index contributed by atoms with van der Waals surface area (Å²) in [6, 6.07) is 9.27. The molecule has 2 aliphatic rings. The van der Waals surface area contributed by atoms with Gasteiger partial charge in [0.05, 0.1) is 12.2 Å². The predicted octanol–water partition coefficient (Wildman–Crippen LogP) is 4.97. The van der Waals surface area contributed by atoms with Gasteiger partial charge in [-0.1, -0.05) is 24.6 Å². The average Bonchev–Trinajstić information content (AvgIpc) is 3.34.